The summed E-state index contributed by atoms with van der Waals surface area (Å²) in [5.74, 6) is 1.27. The van der Waals surface area contributed by atoms with Gasteiger partial charge >= 0.3 is 0 Å². The second kappa shape index (κ2) is 14.8. The molecule has 0 aliphatic heterocycles. The zero-order valence-electron chi connectivity index (χ0n) is 25.3. The maximum Gasteiger partial charge on any atom is 0.252 e. The smallest absolute Gasteiger partial charge is 0.252 e. The highest BCUT2D eigenvalue weighted by molar-refractivity contribution is 7.09. The average Bonchev–Trinajstić information content (AvgIpc) is 3.59. The number of fused-ring (bicyclic) bond motifs is 1. The van der Waals surface area contributed by atoms with Gasteiger partial charge in [0.1, 0.15) is 17.6 Å². The third-order valence-corrected chi connectivity index (χ3v) is 8.02. The Kier molecular flexibility index (Phi) is 11.5. The molecule has 7 nitrogen and oxygen atoms in total. The quantitative estimate of drug-likeness (QED) is 0.157. The van der Waals surface area contributed by atoms with Gasteiger partial charge in [-0.2, -0.15) is 0 Å². The summed E-state index contributed by atoms with van der Waals surface area (Å²) < 4.78 is 7.38. The predicted molar refractivity (Wildman–Crippen MR) is 169 cm³/mol. The second-order valence-electron chi connectivity index (χ2n) is 10.8. The molecular formula is C33H44N4O3S. The standard InChI is InChI=1S/C33H44N4O3S/c1-9-26(10-2)37-30-16-15-25(19-28(30)34-31(37)20-27-12-11-17-41-27)32(38)35-29(18-22(3)4)33(39)36(7)21-23(5)13-14-24(6)40-8/h11-17,19,22,26,29H,5-6,9-10,18,20-21H2,1-4,7-8H3,(H,35,38)/b14-13-/t29-/m0/s1. The molecule has 8 heteroatoms. The number of nitrogens with one attached hydrogen (secondary N) is 1. The number of rotatable bonds is 15. The summed E-state index contributed by atoms with van der Waals surface area (Å²) in [6.07, 6.45) is 6.75. The molecule has 2 aromatic heterocycles. The number of imidazole rings is 1. The lowest BCUT2D eigenvalue weighted by Crippen LogP contribution is -2.48. The number of methoxy groups -OCH3 is 1. The minimum atomic E-state index is -0.662. The van der Waals surface area contributed by atoms with Gasteiger partial charge in [0.05, 0.1) is 18.1 Å². The minimum Gasteiger partial charge on any atom is -0.497 e. The Morgan fingerprint density at radius 1 is 1.17 bits per heavy atom. The first kappa shape index (κ1) is 31.9. The van der Waals surface area contributed by atoms with Gasteiger partial charge in [0.2, 0.25) is 5.91 Å². The summed E-state index contributed by atoms with van der Waals surface area (Å²) in [6, 6.07) is 9.53. The number of carbonyl (C=O) groups is 2. The minimum absolute atomic E-state index is 0.163. The van der Waals surface area contributed by atoms with E-state index in [1.165, 1.54) is 4.88 Å². The molecule has 0 unspecified atom stereocenters. The van der Waals surface area contributed by atoms with Crippen LogP contribution < -0.4 is 5.32 Å². The molecule has 0 bridgehead atoms. The predicted octanol–water partition coefficient (Wildman–Crippen LogP) is 6.93. The van der Waals surface area contributed by atoms with Crippen LogP contribution in [-0.4, -0.2) is 53.0 Å². The van der Waals surface area contributed by atoms with Crippen molar-refractivity contribution >= 4 is 34.2 Å². The molecule has 2 amide bonds. The first-order valence-electron chi connectivity index (χ1n) is 14.3. The van der Waals surface area contributed by atoms with Crippen LogP contribution in [0, 0.1) is 5.92 Å². The Morgan fingerprint density at radius 2 is 1.90 bits per heavy atom. The van der Waals surface area contributed by atoms with Gasteiger partial charge in [0, 0.05) is 36.5 Å². The number of benzene rings is 1. The molecule has 0 aliphatic rings. The number of likely N-dealkylation sites (N-methyl/N-ethyl adjacent to an activating group) is 1. The van der Waals surface area contributed by atoms with Crippen LogP contribution in [0.25, 0.3) is 11.0 Å². The van der Waals surface area contributed by atoms with Gasteiger partial charge in [-0.15, -0.1) is 11.3 Å². The SMILES string of the molecule is C=C(/C=C\C(=C)OC)CN(C)C(=O)[C@H](CC(C)C)NC(=O)c1ccc2c(c1)nc(Cc1cccs1)n2C(CC)CC. The van der Waals surface area contributed by atoms with E-state index in [9.17, 15) is 9.59 Å². The molecule has 0 saturated heterocycles. The molecule has 220 valence electrons. The number of aromatic nitrogens is 2. The molecule has 1 N–H and O–H groups in total. The summed E-state index contributed by atoms with van der Waals surface area (Å²) in [5.41, 5.74) is 3.04. The number of hydrogen-bond acceptors (Lipinski definition) is 5. The molecule has 1 atom stereocenters. The summed E-state index contributed by atoms with van der Waals surface area (Å²) >= 11 is 1.72. The fraction of sp³-hybridized carbons (Fsp3) is 0.424. The fourth-order valence-corrected chi connectivity index (χ4v) is 5.66. The average molecular weight is 577 g/mol. The van der Waals surface area contributed by atoms with Gasteiger partial charge in [0.25, 0.3) is 5.91 Å². The normalized spacial score (nSPS) is 12.3. The van der Waals surface area contributed by atoms with E-state index >= 15 is 0 Å². The Balaban J connectivity index is 1.83. The summed E-state index contributed by atoms with van der Waals surface area (Å²) in [6.45, 7) is 16.6. The van der Waals surface area contributed by atoms with Crippen molar-refractivity contribution in [2.45, 2.75) is 65.5 Å². The first-order chi connectivity index (χ1) is 19.6. The van der Waals surface area contributed by atoms with Gasteiger partial charge in [0.15, 0.2) is 0 Å². The Labute approximate surface area is 248 Å². The van der Waals surface area contributed by atoms with E-state index in [2.05, 4.69) is 54.4 Å². The molecule has 1 aromatic carbocycles. The van der Waals surface area contributed by atoms with Gasteiger partial charge in [-0.05, 0) is 66.5 Å². The van der Waals surface area contributed by atoms with Crippen molar-refractivity contribution in [3.63, 3.8) is 0 Å². The van der Waals surface area contributed by atoms with Crippen molar-refractivity contribution in [1.29, 1.82) is 0 Å². The number of nitrogens with zero attached hydrogens (tertiary/aromatic N) is 3. The zero-order valence-corrected chi connectivity index (χ0v) is 26.1. The molecule has 0 saturated carbocycles. The van der Waals surface area contributed by atoms with E-state index in [-0.39, 0.29) is 17.7 Å². The highest BCUT2D eigenvalue weighted by Gasteiger charge is 2.26. The van der Waals surface area contributed by atoms with E-state index in [1.807, 2.05) is 32.0 Å². The topological polar surface area (TPSA) is 76.5 Å². The first-order valence-corrected chi connectivity index (χ1v) is 15.1. The van der Waals surface area contributed by atoms with Gasteiger partial charge in [-0.25, -0.2) is 4.98 Å². The maximum absolute atomic E-state index is 13.5. The van der Waals surface area contributed by atoms with E-state index in [1.54, 1.807) is 42.5 Å². The maximum atomic E-state index is 13.5. The van der Waals surface area contributed by atoms with E-state index < -0.39 is 6.04 Å². The highest BCUT2D eigenvalue weighted by atomic mass is 32.1. The second-order valence-corrected chi connectivity index (χ2v) is 11.9. The Bertz CT molecular complexity index is 1380. The van der Waals surface area contributed by atoms with Crippen LogP contribution in [0.1, 0.15) is 74.1 Å². The number of allylic oxidation sites excluding steroid dienone is 1. The summed E-state index contributed by atoms with van der Waals surface area (Å²) in [7, 11) is 3.27. The molecule has 2 heterocycles. The third-order valence-electron chi connectivity index (χ3n) is 7.14. The number of amides is 2. The lowest BCUT2D eigenvalue weighted by Gasteiger charge is -2.26. The number of thiophene rings is 1. The van der Waals surface area contributed by atoms with Gasteiger partial charge in [-0.3, -0.25) is 9.59 Å². The van der Waals surface area contributed by atoms with Crippen LogP contribution in [-0.2, 0) is 16.0 Å². The van der Waals surface area contributed by atoms with Crippen molar-refractivity contribution in [3.8, 4) is 0 Å². The molecular weight excluding hydrogens is 532 g/mol. The largest absolute Gasteiger partial charge is 0.497 e. The Hall–Kier alpha value is -3.65. The fourth-order valence-electron chi connectivity index (χ4n) is 4.96. The van der Waals surface area contributed by atoms with Crippen molar-refractivity contribution in [2.24, 2.45) is 5.92 Å². The monoisotopic (exact) mass is 576 g/mol. The van der Waals surface area contributed by atoms with E-state index in [0.717, 1.165) is 41.7 Å². The molecule has 0 aliphatic carbocycles. The zero-order chi connectivity index (χ0) is 30.1. The molecule has 0 spiro atoms. The highest BCUT2D eigenvalue weighted by Crippen LogP contribution is 2.28. The van der Waals surface area contributed by atoms with Crippen LogP contribution in [0.2, 0.25) is 0 Å². The van der Waals surface area contributed by atoms with Gasteiger partial charge in [-0.1, -0.05) is 53.0 Å². The van der Waals surface area contributed by atoms with Crippen LogP contribution in [0.5, 0.6) is 0 Å². The van der Waals surface area contributed by atoms with Gasteiger partial charge < -0.3 is 19.5 Å². The lowest BCUT2D eigenvalue weighted by atomic mass is 10.0. The molecule has 0 fully saturated rings. The van der Waals surface area contributed by atoms with Crippen molar-refractivity contribution < 1.29 is 14.3 Å². The molecule has 0 radical (unpaired) electrons. The van der Waals surface area contributed by atoms with Crippen molar-refractivity contribution in [3.05, 3.63) is 88.6 Å². The molecule has 41 heavy (non-hydrogen) atoms. The third kappa shape index (κ3) is 8.43. The van der Waals surface area contributed by atoms with Crippen LogP contribution in [0.15, 0.2) is 72.4 Å². The van der Waals surface area contributed by atoms with Crippen molar-refractivity contribution in [2.75, 3.05) is 20.7 Å². The number of ether oxygens (including phenoxy) is 1. The molecule has 3 rings (SSSR count). The van der Waals surface area contributed by atoms with Crippen LogP contribution in [0.4, 0.5) is 0 Å². The molecule has 3 aromatic rings. The number of hydrogen-bond donors (Lipinski definition) is 1. The van der Waals surface area contributed by atoms with Crippen LogP contribution >= 0.6 is 11.3 Å². The Morgan fingerprint density at radius 3 is 2.51 bits per heavy atom. The van der Waals surface area contributed by atoms with Crippen molar-refractivity contribution in [1.82, 2.24) is 19.8 Å². The summed E-state index contributed by atoms with van der Waals surface area (Å²) in [5, 5.41) is 5.08. The van der Waals surface area contributed by atoms with E-state index in [0.29, 0.717) is 30.3 Å². The number of carbonyl (C=O) groups excluding carboxylic acids is 2. The van der Waals surface area contributed by atoms with Crippen LogP contribution in [0.3, 0.4) is 0 Å². The summed E-state index contributed by atoms with van der Waals surface area (Å²) in [4.78, 5) is 34.7. The van der Waals surface area contributed by atoms with E-state index in [4.69, 9.17) is 9.72 Å². The lowest BCUT2D eigenvalue weighted by molar-refractivity contribution is -0.131.